The van der Waals surface area contributed by atoms with Gasteiger partial charge >= 0.3 is 0 Å². The third-order valence-electron chi connectivity index (χ3n) is 4.52. The van der Waals surface area contributed by atoms with E-state index in [1.165, 1.54) is 0 Å². The molecule has 0 atom stereocenters. The number of nitrogens with one attached hydrogen (secondary N) is 2. The maximum Gasteiger partial charge on any atom is 0.259 e. The Morgan fingerprint density at radius 1 is 1.04 bits per heavy atom. The lowest BCUT2D eigenvalue weighted by Crippen LogP contribution is -2.26. The number of benzene rings is 3. The SMILES string of the molecule is CCOc1ccc2ccccc2c1/C=N\NC(=O)CNc1c(C)cccc1C. The number of rotatable bonds is 7. The van der Waals surface area contributed by atoms with E-state index in [-0.39, 0.29) is 12.5 Å². The van der Waals surface area contributed by atoms with Crippen molar-refractivity contribution in [2.75, 3.05) is 18.5 Å². The zero-order valence-electron chi connectivity index (χ0n) is 16.5. The van der Waals surface area contributed by atoms with Crippen molar-refractivity contribution in [1.82, 2.24) is 5.43 Å². The fourth-order valence-corrected chi connectivity index (χ4v) is 3.16. The molecule has 2 N–H and O–H groups in total. The van der Waals surface area contributed by atoms with E-state index in [0.29, 0.717) is 6.61 Å². The van der Waals surface area contributed by atoms with Crippen LogP contribution in [-0.2, 0) is 4.79 Å². The standard InChI is InChI=1S/C23H25N3O2/c1-4-28-21-13-12-18-10-5-6-11-19(18)20(21)14-25-26-22(27)15-24-23-16(2)8-7-9-17(23)3/h5-14,24H,4,15H2,1-3H3,(H,26,27)/b25-14-. The Morgan fingerprint density at radius 2 is 1.79 bits per heavy atom. The highest BCUT2D eigenvalue weighted by molar-refractivity contribution is 6.02. The summed E-state index contributed by atoms with van der Waals surface area (Å²) < 4.78 is 5.72. The zero-order valence-corrected chi connectivity index (χ0v) is 16.5. The van der Waals surface area contributed by atoms with Gasteiger partial charge in [-0.05, 0) is 48.7 Å². The number of carbonyl (C=O) groups excluding carboxylic acids is 1. The lowest BCUT2D eigenvalue weighted by atomic mass is 10.0. The highest BCUT2D eigenvalue weighted by Gasteiger charge is 2.08. The van der Waals surface area contributed by atoms with Crippen LogP contribution in [0.1, 0.15) is 23.6 Å². The molecule has 0 saturated carbocycles. The van der Waals surface area contributed by atoms with Gasteiger partial charge in [-0.1, -0.05) is 48.5 Å². The number of aryl methyl sites for hydroxylation is 2. The number of nitrogens with zero attached hydrogens (tertiary/aromatic N) is 1. The Hall–Kier alpha value is -3.34. The van der Waals surface area contributed by atoms with Crippen molar-refractivity contribution in [1.29, 1.82) is 0 Å². The van der Waals surface area contributed by atoms with E-state index in [1.54, 1.807) is 6.21 Å². The van der Waals surface area contributed by atoms with Crippen LogP contribution in [0.4, 0.5) is 5.69 Å². The molecule has 0 radical (unpaired) electrons. The first-order valence-electron chi connectivity index (χ1n) is 9.36. The van der Waals surface area contributed by atoms with Gasteiger partial charge in [-0.25, -0.2) is 5.43 Å². The number of hydrazone groups is 1. The molecule has 0 aromatic heterocycles. The Morgan fingerprint density at radius 3 is 2.54 bits per heavy atom. The molecule has 0 aliphatic carbocycles. The molecule has 0 saturated heterocycles. The van der Waals surface area contributed by atoms with Gasteiger partial charge in [0.05, 0.1) is 19.4 Å². The van der Waals surface area contributed by atoms with Crippen LogP contribution in [-0.4, -0.2) is 25.3 Å². The molecule has 144 valence electrons. The third-order valence-corrected chi connectivity index (χ3v) is 4.52. The Balaban J connectivity index is 1.70. The first-order chi connectivity index (χ1) is 13.6. The maximum absolute atomic E-state index is 12.2. The number of hydrogen-bond donors (Lipinski definition) is 2. The van der Waals surface area contributed by atoms with Crippen molar-refractivity contribution in [3.05, 3.63) is 71.3 Å². The fraction of sp³-hybridized carbons (Fsp3) is 0.217. The lowest BCUT2D eigenvalue weighted by molar-refractivity contribution is -0.119. The zero-order chi connectivity index (χ0) is 19.9. The summed E-state index contributed by atoms with van der Waals surface area (Å²) in [5.74, 6) is 0.532. The van der Waals surface area contributed by atoms with E-state index < -0.39 is 0 Å². The van der Waals surface area contributed by atoms with Crippen molar-refractivity contribution >= 4 is 28.6 Å². The molecule has 3 aromatic carbocycles. The molecular formula is C23H25N3O2. The second-order valence-corrected chi connectivity index (χ2v) is 6.55. The van der Waals surface area contributed by atoms with Crippen LogP contribution < -0.4 is 15.5 Å². The monoisotopic (exact) mass is 375 g/mol. The van der Waals surface area contributed by atoms with E-state index in [0.717, 1.165) is 38.9 Å². The largest absolute Gasteiger partial charge is 0.493 e. The van der Waals surface area contributed by atoms with Gasteiger partial charge < -0.3 is 10.1 Å². The molecule has 0 spiro atoms. The van der Waals surface area contributed by atoms with Gasteiger partial charge in [0.2, 0.25) is 0 Å². The van der Waals surface area contributed by atoms with Crippen LogP contribution in [0, 0.1) is 13.8 Å². The summed E-state index contributed by atoms with van der Waals surface area (Å²) in [6.07, 6.45) is 1.64. The average Bonchev–Trinajstić information content (AvgIpc) is 2.69. The van der Waals surface area contributed by atoms with Crippen LogP contribution in [0.2, 0.25) is 0 Å². The summed E-state index contributed by atoms with van der Waals surface area (Å²) in [5.41, 5.74) is 6.63. The quantitative estimate of drug-likeness (QED) is 0.475. The van der Waals surface area contributed by atoms with Gasteiger partial charge in [-0.3, -0.25) is 4.79 Å². The van der Waals surface area contributed by atoms with E-state index in [1.807, 2.05) is 75.4 Å². The minimum atomic E-state index is -0.211. The van der Waals surface area contributed by atoms with Gasteiger partial charge in [0.1, 0.15) is 5.75 Å². The highest BCUT2D eigenvalue weighted by Crippen LogP contribution is 2.26. The number of ether oxygens (including phenoxy) is 1. The predicted octanol–water partition coefficient (Wildman–Crippen LogP) is 4.42. The number of anilines is 1. The molecule has 1 amide bonds. The predicted molar refractivity (Wildman–Crippen MR) is 115 cm³/mol. The minimum Gasteiger partial charge on any atom is -0.493 e. The molecule has 0 heterocycles. The molecule has 3 aromatic rings. The van der Waals surface area contributed by atoms with Gasteiger partial charge in [0, 0.05) is 11.3 Å². The lowest BCUT2D eigenvalue weighted by Gasteiger charge is -2.12. The summed E-state index contributed by atoms with van der Waals surface area (Å²) in [4.78, 5) is 12.2. The number of hydrogen-bond acceptors (Lipinski definition) is 4. The summed E-state index contributed by atoms with van der Waals surface area (Å²) in [6, 6.07) is 18.0. The minimum absolute atomic E-state index is 0.150. The van der Waals surface area contributed by atoms with E-state index >= 15 is 0 Å². The van der Waals surface area contributed by atoms with E-state index in [9.17, 15) is 4.79 Å². The first-order valence-corrected chi connectivity index (χ1v) is 9.36. The fourth-order valence-electron chi connectivity index (χ4n) is 3.16. The molecule has 28 heavy (non-hydrogen) atoms. The van der Waals surface area contributed by atoms with E-state index in [2.05, 4.69) is 15.8 Å². The average molecular weight is 375 g/mol. The first kappa shape index (κ1) is 19.4. The van der Waals surface area contributed by atoms with Gasteiger partial charge in [-0.2, -0.15) is 5.10 Å². The molecule has 0 unspecified atom stereocenters. The smallest absolute Gasteiger partial charge is 0.259 e. The van der Waals surface area contributed by atoms with Crippen molar-refractivity contribution in [3.8, 4) is 5.75 Å². The molecule has 3 rings (SSSR count). The third kappa shape index (κ3) is 4.49. The summed E-state index contributed by atoms with van der Waals surface area (Å²) >= 11 is 0. The Labute approximate surface area is 165 Å². The maximum atomic E-state index is 12.2. The van der Waals surface area contributed by atoms with Crippen LogP contribution in [0.15, 0.2) is 59.7 Å². The topological polar surface area (TPSA) is 62.7 Å². The molecule has 0 aliphatic rings. The van der Waals surface area contributed by atoms with Gasteiger partial charge in [0.25, 0.3) is 5.91 Å². The van der Waals surface area contributed by atoms with Crippen LogP contribution in [0.3, 0.4) is 0 Å². The molecule has 0 aliphatic heterocycles. The Kier molecular flexibility index (Phi) is 6.27. The molecule has 5 nitrogen and oxygen atoms in total. The molecule has 0 fully saturated rings. The number of carbonyl (C=O) groups is 1. The second kappa shape index (κ2) is 9.04. The van der Waals surface area contributed by atoms with Gasteiger partial charge in [-0.15, -0.1) is 0 Å². The van der Waals surface area contributed by atoms with Crippen molar-refractivity contribution in [2.45, 2.75) is 20.8 Å². The summed E-state index contributed by atoms with van der Waals surface area (Å²) in [5, 5.41) is 9.45. The van der Waals surface area contributed by atoms with Crippen LogP contribution in [0.5, 0.6) is 5.75 Å². The number of fused-ring (bicyclic) bond motifs is 1. The number of para-hydroxylation sites is 1. The highest BCUT2D eigenvalue weighted by atomic mass is 16.5. The normalized spacial score (nSPS) is 11.0. The second-order valence-electron chi connectivity index (χ2n) is 6.55. The van der Waals surface area contributed by atoms with Crippen LogP contribution >= 0.6 is 0 Å². The van der Waals surface area contributed by atoms with Crippen molar-refractivity contribution in [2.24, 2.45) is 5.10 Å². The Bertz CT molecular complexity index is 992. The number of amides is 1. The molecule has 5 heteroatoms. The van der Waals surface area contributed by atoms with E-state index in [4.69, 9.17) is 4.74 Å². The van der Waals surface area contributed by atoms with Gasteiger partial charge in [0.15, 0.2) is 0 Å². The molecular weight excluding hydrogens is 350 g/mol. The van der Waals surface area contributed by atoms with Crippen molar-refractivity contribution < 1.29 is 9.53 Å². The summed E-state index contributed by atoms with van der Waals surface area (Å²) in [6.45, 7) is 6.68. The van der Waals surface area contributed by atoms with Crippen molar-refractivity contribution in [3.63, 3.8) is 0 Å². The molecule has 0 bridgehead atoms. The summed E-state index contributed by atoms with van der Waals surface area (Å²) in [7, 11) is 0. The van der Waals surface area contributed by atoms with Crippen LogP contribution in [0.25, 0.3) is 10.8 Å².